The quantitative estimate of drug-likeness (QED) is 0.148. The minimum Gasteiger partial charge on any atom is -0.462 e. The highest BCUT2D eigenvalue weighted by molar-refractivity contribution is 6.76. The molecule has 1 rings (SSSR count). The zero-order valence-corrected chi connectivity index (χ0v) is 21.5. The van der Waals surface area contributed by atoms with Crippen molar-refractivity contribution >= 4 is 70.5 Å². The summed E-state index contributed by atoms with van der Waals surface area (Å²) in [7, 11) is 0. The second-order valence-corrected chi connectivity index (χ2v) is 9.37. The lowest BCUT2D eigenvalue weighted by Gasteiger charge is -2.45. The van der Waals surface area contributed by atoms with E-state index < -0.39 is 83.0 Å². The molecule has 0 radical (unpaired) electrons. The van der Waals surface area contributed by atoms with Crippen LogP contribution in [0.25, 0.3) is 0 Å². The summed E-state index contributed by atoms with van der Waals surface area (Å²) in [6.45, 7) is 4.60. The third-order valence-electron chi connectivity index (χ3n) is 4.06. The summed E-state index contributed by atoms with van der Waals surface area (Å²) in [5.41, 5.74) is 0. The fourth-order valence-corrected chi connectivity index (χ4v) is 3.12. The van der Waals surface area contributed by atoms with Crippen LogP contribution >= 0.6 is 34.8 Å². The van der Waals surface area contributed by atoms with Gasteiger partial charge in [0, 0.05) is 34.6 Å². The summed E-state index contributed by atoms with van der Waals surface area (Å²) < 4.78 is 34.4. The Morgan fingerprint density at radius 3 is 1.69 bits per heavy atom. The van der Waals surface area contributed by atoms with Gasteiger partial charge < -0.3 is 33.2 Å². The molecule has 1 heterocycles. The van der Waals surface area contributed by atoms with E-state index in [9.17, 15) is 24.0 Å². The molecular weight excluding hydrogens is 541 g/mol. The SMILES string of the molecule is CC(=O)OC[C@H](OC(C)=O)[C@H]1O[C@H](OC(=N)C(Cl)(Cl)Cl)[C@@H](OC(C)=O)[C@@H](OC(C)=O)[C@@H]1OC(C)=O. The van der Waals surface area contributed by atoms with Crippen LogP contribution in [0.2, 0.25) is 0 Å². The Morgan fingerprint density at radius 2 is 1.26 bits per heavy atom. The smallest absolute Gasteiger partial charge is 0.303 e. The zero-order valence-electron chi connectivity index (χ0n) is 19.2. The normalized spacial score (nSPS) is 24.9. The highest BCUT2D eigenvalue weighted by atomic mass is 35.6. The lowest BCUT2D eigenvalue weighted by atomic mass is 9.94. The second-order valence-electron chi connectivity index (χ2n) is 7.09. The first-order valence-electron chi connectivity index (χ1n) is 9.83. The maximum atomic E-state index is 11.9. The Hall–Kier alpha value is -2.35. The average molecular weight is 565 g/mol. The number of esters is 5. The summed E-state index contributed by atoms with van der Waals surface area (Å²) >= 11 is 17.0. The Morgan fingerprint density at radius 1 is 0.771 bits per heavy atom. The monoisotopic (exact) mass is 563 g/mol. The molecule has 198 valence electrons. The largest absolute Gasteiger partial charge is 0.462 e. The molecule has 0 amide bonds. The molecule has 0 bridgehead atoms. The van der Waals surface area contributed by atoms with Gasteiger partial charge in [0.25, 0.3) is 3.79 Å². The average Bonchev–Trinajstić information content (AvgIpc) is 2.67. The molecular formula is C19H24Cl3NO12. The van der Waals surface area contributed by atoms with Gasteiger partial charge in [0.05, 0.1) is 0 Å². The number of rotatable bonds is 8. The number of carbonyl (C=O) groups is 5. The number of hydrogen-bond acceptors (Lipinski definition) is 13. The van der Waals surface area contributed by atoms with E-state index in [1.807, 2.05) is 0 Å². The van der Waals surface area contributed by atoms with Crippen LogP contribution < -0.4 is 0 Å². The molecule has 35 heavy (non-hydrogen) atoms. The van der Waals surface area contributed by atoms with Crippen LogP contribution in [0.5, 0.6) is 0 Å². The first-order chi connectivity index (χ1) is 16.0. The van der Waals surface area contributed by atoms with Crippen LogP contribution in [-0.4, -0.2) is 83.0 Å². The fraction of sp³-hybridized carbons (Fsp3) is 0.684. The van der Waals surface area contributed by atoms with Gasteiger partial charge in [-0.3, -0.25) is 29.4 Å². The Labute approximate surface area is 214 Å². The van der Waals surface area contributed by atoms with E-state index in [0.29, 0.717) is 0 Å². The Kier molecular flexibility index (Phi) is 11.5. The van der Waals surface area contributed by atoms with Crippen LogP contribution in [0.3, 0.4) is 0 Å². The Bertz CT molecular complexity index is 845. The van der Waals surface area contributed by atoms with E-state index in [-0.39, 0.29) is 0 Å². The second kappa shape index (κ2) is 13.1. The van der Waals surface area contributed by atoms with E-state index in [0.717, 1.165) is 34.6 Å². The number of hydrogen-bond donors (Lipinski definition) is 1. The van der Waals surface area contributed by atoms with Crippen molar-refractivity contribution in [3.05, 3.63) is 0 Å². The van der Waals surface area contributed by atoms with Gasteiger partial charge in [-0.1, -0.05) is 34.8 Å². The number of carbonyl (C=O) groups excluding carboxylic acids is 5. The predicted octanol–water partition coefficient (Wildman–Crippen LogP) is 1.37. The lowest BCUT2D eigenvalue weighted by molar-refractivity contribution is -0.302. The lowest BCUT2D eigenvalue weighted by Crippen LogP contribution is -2.65. The molecule has 0 aromatic carbocycles. The van der Waals surface area contributed by atoms with Crippen LogP contribution in [-0.2, 0) is 57.1 Å². The van der Waals surface area contributed by atoms with Crippen LogP contribution in [0, 0.1) is 5.41 Å². The Balaban J connectivity index is 3.62. The highest BCUT2D eigenvalue weighted by Gasteiger charge is 2.56. The van der Waals surface area contributed by atoms with E-state index in [2.05, 4.69) is 0 Å². The van der Waals surface area contributed by atoms with Crippen molar-refractivity contribution in [1.29, 1.82) is 5.41 Å². The summed E-state index contributed by atoms with van der Waals surface area (Å²) in [5.74, 6) is -5.25. The number of halogens is 3. The summed E-state index contributed by atoms with van der Waals surface area (Å²) in [4.78, 5) is 58.7. The minimum atomic E-state index is -2.38. The summed E-state index contributed by atoms with van der Waals surface area (Å²) in [6, 6.07) is 0. The van der Waals surface area contributed by atoms with Gasteiger partial charge in [-0.2, -0.15) is 0 Å². The van der Waals surface area contributed by atoms with Crippen molar-refractivity contribution in [3.8, 4) is 0 Å². The molecule has 1 aliphatic rings. The molecule has 0 aliphatic carbocycles. The molecule has 13 nitrogen and oxygen atoms in total. The highest BCUT2D eigenvalue weighted by Crippen LogP contribution is 2.35. The molecule has 1 N–H and O–H groups in total. The molecule has 0 saturated carbocycles. The summed E-state index contributed by atoms with van der Waals surface area (Å²) in [6.07, 6.45) is -9.67. The standard InChI is InChI=1S/C19H24Cl3NO12/c1-7(24)29-6-12(30-8(2)25)13-14(31-9(3)26)15(32-10(4)27)16(33-11(5)28)17(34-13)35-18(23)19(20,21)22/h12-17,23H,6H2,1-5H3/t12-,13+,14+,15-,16-,17+/m0/s1. The van der Waals surface area contributed by atoms with E-state index in [1.54, 1.807) is 0 Å². The third-order valence-corrected chi connectivity index (χ3v) is 4.58. The van der Waals surface area contributed by atoms with Gasteiger partial charge in [-0.15, -0.1) is 0 Å². The number of alkyl halides is 3. The molecule has 6 atom stereocenters. The van der Waals surface area contributed by atoms with Crippen molar-refractivity contribution in [2.24, 2.45) is 0 Å². The molecule has 1 saturated heterocycles. The molecule has 1 aliphatic heterocycles. The van der Waals surface area contributed by atoms with Crippen molar-refractivity contribution in [1.82, 2.24) is 0 Å². The topological polar surface area (TPSA) is 174 Å². The van der Waals surface area contributed by atoms with Gasteiger partial charge in [-0.25, -0.2) is 0 Å². The van der Waals surface area contributed by atoms with Crippen LogP contribution in [0.15, 0.2) is 0 Å². The van der Waals surface area contributed by atoms with Gasteiger partial charge in [0.1, 0.15) is 12.7 Å². The number of nitrogens with one attached hydrogen (secondary N) is 1. The van der Waals surface area contributed by atoms with E-state index in [4.69, 9.17) is 73.4 Å². The van der Waals surface area contributed by atoms with E-state index in [1.165, 1.54) is 0 Å². The van der Waals surface area contributed by atoms with Gasteiger partial charge in [-0.05, 0) is 0 Å². The molecule has 0 aromatic heterocycles. The first kappa shape index (κ1) is 30.7. The van der Waals surface area contributed by atoms with Crippen molar-refractivity contribution in [2.75, 3.05) is 6.61 Å². The maximum absolute atomic E-state index is 11.9. The zero-order chi connectivity index (χ0) is 27.1. The summed E-state index contributed by atoms with van der Waals surface area (Å²) in [5, 5.41) is 7.86. The van der Waals surface area contributed by atoms with E-state index >= 15 is 0 Å². The molecule has 16 heteroatoms. The molecule has 0 spiro atoms. The first-order valence-corrected chi connectivity index (χ1v) is 11.0. The molecule has 0 unspecified atom stereocenters. The van der Waals surface area contributed by atoms with Gasteiger partial charge in [0.2, 0.25) is 18.3 Å². The maximum Gasteiger partial charge on any atom is 0.303 e. The fourth-order valence-electron chi connectivity index (χ4n) is 2.99. The van der Waals surface area contributed by atoms with Gasteiger partial charge in [0.15, 0.2) is 18.3 Å². The minimum absolute atomic E-state index is 0.586. The number of ether oxygens (including phenoxy) is 7. The van der Waals surface area contributed by atoms with Crippen LogP contribution in [0.4, 0.5) is 0 Å². The van der Waals surface area contributed by atoms with Gasteiger partial charge >= 0.3 is 29.8 Å². The predicted molar refractivity (Wildman–Crippen MR) is 117 cm³/mol. The van der Waals surface area contributed by atoms with Crippen LogP contribution in [0.1, 0.15) is 34.6 Å². The van der Waals surface area contributed by atoms with Crippen molar-refractivity contribution in [2.45, 2.75) is 75.2 Å². The molecule has 0 aromatic rings. The third kappa shape index (κ3) is 10.0. The van der Waals surface area contributed by atoms with Crippen molar-refractivity contribution < 1.29 is 57.1 Å². The van der Waals surface area contributed by atoms with Crippen molar-refractivity contribution in [3.63, 3.8) is 0 Å². The molecule has 1 fully saturated rings.